The zero-order valence-electron chi connectivity index (χ0n) is 13.2. The number of hydrogen-bond acceptors (Lipinski definition) is 6. The van der Waals surface area contributed by atoms with Crippen molar-refractivity contribution in [2.24, 2.45) is 5.10 Å². The molecular formula is C16H20N4O2S. The Balaban J connectivity index is 1.84. The van der Waals surface area contributed by atoms with Crippen molar-refractivity contribution in [3.63, 3.8) is 0 Å². The number of nitrogens with zero attached hydrogens (tertiary/aromatic N) is 3. The minimum absolute atomic E-state index is 0.115. The first-order valence-corrected chi connectivity index (χ1v) is 8.11. The normalized spacial score (nSPS) is 10.9. The number of anilines is 1. The highest BCUT2D eigenvalue weighted by Crippen LogP contribution is 2.12. The molecule has 1 aromatic heterocycles. The van der Waals surface area contributed by atoms with E-state index in [1.54, 1.807) is 6.21 Å². The van der Waals surface area contributed by atoms with Crippen LogP contribution in [-0.2, 0) is 11.2 Å². The molecule has 0 atom stereocenters. The first kappa shape index (κ1) is 17.1. The Kier molecular flexibility index (Phi) is 6.25. The number of aryl methyl sites for hydroxylation is 1. The molecule has 2 N–H and O–H groups in total. The maximum absolute atomic E-state index is 11.7. The van der Waals surface area contributed by atoms with Crippen molar-refractivity contribution in [2.45, 2.75) is 13.3 Å². The van der Waals surface area contributed by atoms with Crippen molar-refractivity contribution < 1.29 is 9.90 Å². The van der Waals surface area contributed by atoms with Crippen LogP contribution in [0.3, 0.4) is 0 Å². The Morgan fingerprint density at radius 3 is 2.78 bits per heavy atom. The van der Waals surface area contributed by atoms with Gasteiger partial charge < -0.3 is 10.0 Å². The summed E-state index contributed by atoms with van der Waals surface area (Å²) in [7, 11) is 1.92. The lowest BCUT2D eigenvalue weighted by Crippen LogP contribution is -2.21. The standard InChI is InChI=1S/C16H20N4O2S/c1-12-11-23-16(18-12)9-15(22)19-17-10-13-3-5-14(6-4-13)20(2)7-8-21/h3-6,10-11,21H,7-9H2,1-2H3,(H,19,22)/b17-10-. The number of hydrogen-bond donors (Lipinski definition) is 2. The van der Waals surface area contributed by atoms with Gasteiger partial charge in [0, 0.05) is 30.4 Å². The van der Waals surface area contributed by atoms with E-state index in [1.165, 1.54) is 11.3 Å². The predicted octanol–water partition coefficient (Wildman–Crippen LogP) is 1.57. The van der Waals surface area contributed by atoms with Crippen LogP contribution in [0.2, 0.25) is 0 Å². The summed E-state index contributed by atoms with van der Waals surface area (Å²) in [5.41, 5.74) is 5.32. The van der Waals surface area contributed by atoms with Crippen molar-refractivity contribution in [1.29, 1.82) is 0 Å². The van der Waals surface area contributed by atoms with Gasteiger partial charge in [-0.2, -0.15) is 5.10 Å². The maximum Gasteiger partial charge on any atom is 0.246 e. The highest BCUT2D eigenvalue weighted by molar-refractivity contribution is 7.09. The zero-order valence-corrected chi connectivity index (χ0v) is 14.0. The quantitative estimate of drug-likeness (QED) is 0.596. The zero-order chi connectivity index (χ0) is 16.7. The first-order chi connectivity index (χ1) is 11.1. The molecule has 0 aliphatic heterocycles. The molecule has 122 valence electrons. The fourth-order valence-electron chi connectivity index (χ4n) is 1.93. The molecule has 7 heteroatoms. The molecule has 0 fully saturated rings. The van der Waals surface area contributed by atoms with Gasteiger partial charge >= 0.3 is 0 Å². The van der Waals surface area contributed by atoms with Crippen LogP contribution in [0.15, 0.2) is 34.7 Å². The van der Waals surface area contributed by atoms with Gasteiger partial charge in [-0.3, -0.25) is 4.79 Å². The number of likely N-dealkylation sites (N-methyl/N-ethyl adjacent to an activating group) is 1. The smallest absolute Gasteiger partial charge is 0.246 e. The largest absolute Gasteiger partial charge is 0.395 e. The number of aliphatic hydroxyl groups excluding tert-OH is 1. The Bertz CT molecular complexity index is 667. The van der Waals surface area contributed by atoms with E-state index in [2.05, 4.69) is 15.5 Å². The number of hydrazone groups is 1. The Hall–Kier alpha value is -2.25. The molecule has 0 unspecified atom stereocenters. The molecular weight excluding hydrogens is 312 g/mol. The van der Waals surface area contributed by atoms with Crippen LogP contribution in [0.25, 0.3) is 0 Å². The predicted molar refractivity (Wildman–Crippen MR) is 93.1 cm³/mol. The van der Waals surface area contributed by atoms with Gasteiger partial charge in [0.25, 0.3) is 0 Å². The van der Waals surface area contributed by atoms with Crippen LogP contribution in [-0.4, -0.2) is 42.4 Å². The third-order valence-electron chi connectivity index (χ3n) is 3.15. The molecule has 2 rings (SSSR count). The van der Waals surface area contributed by atoms with Crippen LogP contribution in [0.5, 0.6) is 0 Å². The topological polar surface area (TPSA) is 77.8 Å². The van der Waals surface area contributed by atoms with Gasteiger partial charge in [0.15, 0.2) is 0 Å². The number of benzene rings is 1. The number of aromatic nitrogens is 1. The van der Waals surface area contributed by atoms with Gasteiger partial charge in [-0.25, -0.2) is 10.4 Å². The van der Waals surface area contributed by atoms with Crippen molar-refractivity contribution >= 4 is 29.1 Å². The molecule has 0 saturated carbocycles. The molecule has 1 amide bonds. The van der Waals surface area contributed by atoms with Gasteiger partial charge in [-0.05, 0) is 24.6 Å². The van der Waals surface area contributed by atoms with Crippen molar-refractivity contribution in [3.8, 4) is 0 Å². The van der Waals surface area contributed by atoms with Crippen molar-refractivity contribution in [1.82, 2.24) is 10.4 Å². The van der Waals surface area contributed by atoms with E-state index in [0.29, 0.717) is 6.54 Å². The third-order valence-corrected chi connectivity index (χ3v) is 4.12. The number of carbonyl (C=O) groups is 1. The Morgan fingerprint density at radius 1 is 1.43 bits per heavy atom. The molecule has 1 heterocycles. The summed E-state index contributed by atoms with van der Waals surface area (Å²) in [6.07, 6.45) is 1.83. The van der Waals surface area contributed by atoms with E-state index in [9.17, 15) is 4.79 Å². The first-order valence-electron chi connectivity index (χ1n) is 7.23. The number of carbonyl (C=O) groups excluding carboxylic acids is 1. The summed E-state index contributed by atoms with van der Waals surface area (Å²) >= 11 is 1.47. The van der Waals surface area contributed by atoms with Gasteiger partial charge in [0.2, 0.25) is 5.91 Å². The Morgan fingerprint density at radius 2 is 2.17 bits per heavy atom. The lowest BCUT2D eigenvalue weighted by Gasteiger charge is -2.17. The van der Waals surface area contributed by atoms with E-state index in [4.69, 9.17) is 5.11 Å². The summed E-state index contributed by atoms with van der Waals surface area (Å²) in [5, 5.41) is 15.6. The summed E-state index contributed by atoms with van der Waals surface area (Å²) in [6.45, 7) is 2.60. The molecule has 6 nitrogen and oxygen atoms in total. The average molecular weight is 332 g/mol. The lowest BCUT2D eigenvalue weighted by atomic mass is 10.2. The average Bonchev–Trinajstić information content (AvgIpc) is 2.93. The second-order valence-corrected chi connectivity index (χ2v) is 6.03. The third kappa shape index (κ3) is 5.46. The van der Waals surface area contributed by atoms with E-state index >= 15 is 0 Å². The Labute approximate surface area is 139 Å². The van der Waals surface area contributed by atoms with Crippen LogP contribution >= 0.6 is 11.3 Å². The monoisotopic (exact) mass is 332 g/mol. The van der Waals surface area contributed by atoms with E-state index in [1.807, 2.05) is 48.5 Å². The van der Waals surface area contributed by atoms with E-state index < -0.39 is 0 Å². The van der Waals surface area contributed by atoms with Gasteiger partial charge in [0.05, 0.1) is 19.2 Å². The number of aliphatic hydroxyl groups is 1. The minimum Gasteiger partial charge on any atom is -0.395 e. The number of amides is 1. The van der Waals surface area contributed by atoms with Crippen LogP contribution in [0.4, 0.5) is 5.69 Å². The summed E-state index contributed by atoms with van der Waals surface area (Å²) in [4.78, 5) is 17.9. The van der Waals surface area contributed by atoms with E-state index in [0.717, 1.165) is 22.0 Å². The summed E-state index contributed by atoms with van der Waals surface area (Å²) in [5.74, 6) is -0.185. The molecule has 0 aliphatic rings. The van der Waals surface area contributed by atoms with Gasteiger partial charge in [-0.15, -0.1) is 11.3 Å². The molecule has 0 spiro atoms. The second kappa shape index (κ2) is 8.40. The second-order valence-electron chi connectivity index (χ2n) is 5.09. The molecule has 0 saturated heterocycles. The molecule has 2 aromatic rings. The number of thiazole rings is 1. The fraction of sp³-hybridized carbons (Fsp3) is 0.312. The van der Waals surface area contributed by atoms with Crippen LogP contribution < -0.4 is 10.3 Å². The molecule has 23 heavy (non-hydrogen) atoms. The van der Waals surface area contributed by atoms with Crippen LogP contribution in [0.1, 0.15) is 16.3 Å². The van der Waals surface area contributed by atoms with Crippen molar-refractivity contribution in [3.05, 3.63) is 45.9 Å². The van der Waals surface area contributed by atoms with E-state index in [-0.39, 0.29) is 18.9 Å². The fourth-order valence-corrected chi connectivity index (χ4v) is 2.70. The lowest BCUT2D eigenvalue weighted by molar-refractivity contribution is -0.120. The van der Waals surface area contributed by atoms with Crippen molar-refractivity contribution in [2.75, 3.05) is 25.1 Å². The highest BCUT2D eigenvalue weighted by Gasteiger charge is 2.05. The number of rotatable bonds is 7. The minimum atomic E-state index is -0.185. The molecule has 0 radical (unpaired) electrons. The molecule has 0 bridgehead atoms. The molecule has 0 aliphatic carbocycles. The SMILES string of the molecule is Cc1csc(CC(=O)N/N=C\c2ccc(N(C)CCO)cc2)n1. The van der Waals surface area contributed by atoms with Gasteiger partial charge in [0.1, 0.15) is 5.01 Å². The summed E-state index contributed by atoms with van der Waals surface area (Å²) < 4.78 is 0. The summed E-state index contributed by atoms with van der Waals surface area (Å²) in [6, 6.07) is 7.69. The molecule has 1 aromatic carbocycles. The van der Waals surface area contributed by atoms with Gasteiger partial charge in [-0.1, -0.05) is 12.1 Å². The number of nitrogens with one attached hydrogen (secondary N) is 1. The highest BCUT2D eigenvalue weighted by atomic mass is 32.1. The maximum atomic E-state index is 11.7. The van der Waals surface area contributed by atoms with Crippen LogP contribution in [0, 0.1) is 6.92 Å².